The van der Waals surface area contributed by atoms with Gasteiger partial charge in [0.1, 0.15) is 5.70 Å². The van der Waals surface area contributed by atoms with Gasteiger partial charge in [-0.25, -0.2) is 4.79 Å². The summed E-state index contributed by atoms with van der Waals surface area (Å²) in [5.74, 6) is -1.02. The molecule has 70 valence electrons. The fraction of sp³-hybridized carbons (Fsp3) is 0.556. The highest BCUT2D eigenvalue weighted by Crippen LogP contribution is 2.39. The fourth-order valence-corrected chi connectivity index (χ4v) is 2.07. The highest BCUT2D eigenvalue weighted by Gasteiger charge is 2.46. The van der Waals surface area contributed by atoms with Crippen molar-refractivity contribution in [2.24, 2.45) is 0 Å². The minimum absolute atomic E-state index is 0.0501. The number of amides is 1. The number of hydrogen-bond donors (Lipinski definition) is 1. The summed E-state index contributed by atoms with van der Waals surface area (Å²) in [5.41, 5.74) is 1.15. The zero-order chi connectivity index (χ0) is 9.59. The van der Waals surface area contributed by atoms with E-state index in [4.69, 9.17) is 5.11 Å². The van der Waals surface area contributed by atoms with Gasteiger partial charge < -0.3 is 10.0 Å². The normalized spacial score (nSPS) is 26.1. The summed E-state index contributed by atoms with van der Waals surface area (Å²) >= 11 is 0. The third kappa shape index (κ3) is 0.978. The number of carbonyl (C=O) groups is 2. The van der Waals surface area contributed by atoms with Crippen LogP contribution in [0.15, 0.2) is 11.3 Å². The van der Waals surface area contributed by atoms with Crippen molar-refractivity contribution >= 4 is 11.9 Å². The molecule has 0 aromatic rings. The smallest absolute Gasteiger partial charge is 0.352 e. The molecule has 2 rings (SSSR count). The van der Waals surface area contributed by atoms with Gasteiger partial charge in [0.25, 0.3) is 0 Å². The quantitative estimate of drug-likeness (QED) is 0.639. The highest BCUT2D eigenvalue weighted by atomic mass is 16.4. The van der Waals surface area contributed by atoms with Crippen LogP contribution in [0.5, 0.6) is 0 Å². The number of carboxylic acids is 1. The van der Waals surface area contributed by atoms with Crippen LogP contribution in [-0.4, -0.2) is 27.9 Å². The minimum Gasteiger partial charge on any atom is -0.477 e. The molecule has 1 amide bonds. The number of rotatable bonds is 2. The number of carboxylic acid groups (broad SMARTS) is 1. The molecule has 0 aliphatic carbocycles. The molecule has 0 bridgehead atoms. The molecule has 2 aliphatic heterocycles. The van der Waals surface area contributed by atoms with Crippen LogP contribution in [0.2, 0.25) is 0 Å². The van der Waals surface area contributed by atoms with Crippen molar-refractivity contribution in [3.63, 3.8) is 0 Å². The van der Waals surface area contributed by atoms with E-state index in [1.54, 1.807) is 0 Å². The summed E-state index contributed by atoms with van der Waals surface area (Å²) in [5, 5.41) is 8.90. The van der Waals surface area contributed by atoms with Gasteiger partial charge in [-0.2, -0.15) is 0 Å². The lowest BCUT2D eigenvalue weighted by atomic mass is 10.0. The SMILES string of the molecule is CCC1=C(C(=O)O)N2C(=O)CC2C1. The molecular weight excluding hydrogens is 170 g/mol. The van der Waals surface area contributed by atoms with E-state index in [2.05, 4.69) is 0 Å². The van der Waals surface area contributed by atoms with Gasteiger partial charge in [-0.15, -0.1) is 0 Å². The van der Waals surface area contributed by atoms with Crippen molar-refractivity contribution in [1.82, 2.24) is 4.90 Å². The zero-order valence-electron chi connectivity index (χ0n) is 7.41. The van der Waals surface area contributed by atoms with Crippen LogP contribution < -0.4 is 0 Å². The molecule has 0 spiro atoms. The average molecular weight is 181 g/mol. The molecule has 13 heavy (non-hydrogen) atoms. The Hall–Kier alpha value is -1.32. The number of β-lactam (4-membered cyclic amide) rings is 1. The Balaban J connectivity index is 2.34. The highest BCUT2D eigenvalue weighted by molar-refractivity contribution is 5.98. The fourth-order valence-electron chi connectivity index (χ4n) is 2.07. The summed E-state index contributed by atoms with van der Waals surface area (Å²) in [4.78, 5) is 23.4. The Kier molecular flexibility index (Phi) is 1.65. The summed E-state index contributed by atoms with van der Waals surface area (Å²) in [6.07, 6.45) is 1.99. The van der Waals surface area contributed by atoms with E-state index in [0.29, 0.717) is 6.42 Å². The Morgan fingerprint density at radius 2 is 2.31 bits per heavy atom. The van der Waals surface area contributed by atoms with E-state index in [9.17, 15) is 9.59 Å². The maximum atomic E-state index is 11.1. The first kappa shape index (κ1) is 8.29. The van der Waals surface area contributed by atoms with Crippen molar-refractivity contribution in [2.75, 3.05) is 0 Å². The van der Waals surface area contributed by atoms with Crippen molar-refractivity contribution in [3.05, 3.63) is 11.3 Å². The lowest BCUT2D eigenvalue weighted by Crippen LogP contribution is -2.49. The Morgan fingerprint density at radius 1 is 1.62 bits per heavy atom. The summed E-state index contributed by atoms with van der Waals surface area (Å²) in [7, 11) is 0. The maximum absolute atomic E-state index is 11.1. The predicted molar refractivity (Wildman–Crippen MR) is 44.8 cm³/mol. The lowest BCUT2D eigenvalue weighted by Gasteiger charge is -2.35. The molecule has 2 aliphatic rings. The molecule has 0 aromatic heterocycles. The standard InChI is InChI=1S/C9H11NO3/c1-2-5-3-6-4-7(11)10(6)8(5)9(12)13/h6H,2-4H2,1H3,(H,12,13). The van der Waals surface area contributed by atoms with E-state index < -0.39 is 5.97 Å². The molecule has 1 fully saturated rings. The minimum atomic E-state index is -0.965. The van der Waals surface area contributed by atoms with Crippen molar-refractivity contribution in [1.29, 1.82) is 0 Å². The molecular formula is C9H11NO3. The summed E-state index contributed by atoms with van der Waals surface area (Å²) in [6, 6.07) is 0.147. The van der Waals surface area contributed by atoms with E-state index in [-0.39, 0.29) is 17.6 Å². The summed E-state index contributed by atoms with van der Waals surface area (Å²) in [6.45, 7) is 1.93. The van der Waals surface area contributed by atoms with Gasteiger partial charge in [-0.05, 0) is 18.4 Å². The monoisotopic (exact) mass is 181 g/mol. The van der Waals surface area contributed by atoms with Crippen LogP contribution in [0.25, 0.3) is 0 Å². The van der Waals surface area contributed by atoms with Crippen LogP contribution in [0.3, 0.4) is 0 Å². The average Bonchev–Trinajstić information content (AvgIpc) is 2.37. The van der Waals surface area contributed by atoms with Gasteiger partial charge in [-0.1, -0.05) is 6.92 Å². The lowest BCUT2D eigenvalue weighted by molar-refractivity contribution is -0.147. The van der Waals surface area contributed by atoms with Gasteiger partial charge in [0.15, 0.2) is 0 Å². The largest absolute Gasteiger partial charge is 0.477 e. The Morgan fingerprint density at radius 3 is 2.77 bits per heavy atom. The second kappa shape index (κ2) is 2.58. The van der Waals surface area contributed by atoms with E-state index >= 15 is 0 Å². The molecule has 4 nitrogen and oxygen atoms in total. The molecule has 4 heteroatoms. The third-order valence-corrected chi connectivity index (χ3v) is 2.73. The molecule has 0 saturated carbocycles. The number of nitrogens with zero attached hydrogens (tertiary/aromatic N) is 1. The molecule has 1 N–H and O–H groups in total. The first-order valence-corrected chi connectivity index (χ1v) is 4.42. The van der Waals surface area contributed by atoms with Crippen LogP contribution >= 0.6 is 0 Å². The van der Waals surface area contributed by atoms with E-state index in [0.717, 1.165) is 18.4 Å². The van der Waals surface area contributed by atoms with Gasteiger partial charge >= 0.3 is 5.97 Å². The molecule has 2 heterocycles. The zero-order valence-corrected chi connectivity index (χ0v) is 7.41. The second-order valence-electron chi connectivity index (χ2n) is 3.44. The van der Waals surface area contributed by atoms with Crippen LogP contribution in [0.1, 0.15) is 26.2 Å². The maximum Gasteiger partial charge on any atom is 0.352 e. The van der Waals surface area contributed by atoms with E-state index in [1.807, 2.05) is 6.92 Å². The molecule has 0 aromatic carbocycles. The first-order chi connectivity index (χ1) is 6.15. The molecule has 0 radical (unpaired) electrons. The molecule has 1 atom stereocenters. The van der Waals surface area contributed by atoms with Crippen molar-refractivity contribution in [3.8, 4) is 0 Å². The van der Waals surface area contributed by atoms with E-state index in [1.165, 1.54) is 4.90 Å². The van der Waals surface area contributed by atoms with Crippen LogP contribution in [0, 0.1) is 0 Å². The topological polar surface area (TPSA) is 57.6 Å². The second-order valence-corrected chi connectivity index (χ2v) is 3.44. The first-order valence-electron chi connectivity index (χ1n) is 4.42. The van der Waals surface area contributed by atoms with Crippen molar-refractivity contribution < 1.29 is 14.7 Å². The number of aliphatic carboxylic acids is 1. The van der Waals surface area contributed by atoms with Crippen molar-refractivity contribution in [2.45, 2.75) is 32.2 Å². The Labute approximate surface area is 75.8 Å². The number of fused-ring (bicyclic) bond motifs is 1. The van der Waals surface area contributed by atoms with Gasteiger partial charge in [-0.3, -0.25) is 4.79 Å². The molecule has 1 saturated heterocycles. The predicted octanol–water partition coefficient (Wildman–Crippen LogP) is 0.740. The van der Waals surface area contributed by atoms with Gasteiger partial charge in [0.05, 0.1) is 0 Å². The summed E-state index contributed by atoms with van der Waals surface area (Å²) < 4.78 is 0. The van der Waals surface area contributed by atoms with Crippen LogP contribution in [-0.2, 0) is 9.59 Å². The Bertz CT molecular complexity index is 319. The number of hydrogen-bond acceptors (Lipinski definition) is 2. The number of carbonyl (C=O) groups excluding carboxylic acids is 1. The van der Waals surface area contributed by atoms with Gasteiger partial charge in [0, 0.05) is 12.5 Å². The third-order valence-electron chi connectivity index (χ3n) is 2.73. The van der Waals surface area contributed by atoms with Gasteiger partial charge in [0.2, 0.25) is 5.91 Å². The van der Waals surface area contributed by atoms with Crippen LogP contribution in [0.4, 0.5) is 0 Å². The molecule has 1 unspecified atom stereocenters.